The number of rotatable bonds is 6. The van der Waals surface area contributed by atoms with Gasteiger partial charge in [-0.05, 0) is 61.0 Å². The third-order valence-electron chi connectivity index (χ3n) is 3.61. The molecule has 0 aliphatic rings. The van der Waals surface area contributed by atoms with E-state index in [1.807, 2.05) is 67.6 Å². The van der Waals surface area contributed by atoms with Crippen LogP contribution in [0.15, 0.2) is 65.1 Å². The summed E-state index contributed by atoms with van der Waals surface area (Å²) < 4.78 is 11.2. The fourth-order valence-corrected chi connectivity index (χ4v) is 2.46. The molecular weight excluding hydrogens is 338 g/mol. The summed E-state index contributed by atoms with van der Waals surface area (Å²) in [7, 11) is 0. The monoisotopic (exact) mass is 355 g/mol. The smallest absolute Gasteiger partial charge is 0.258 e. The molecule has 128 valence electrons. The van der Waals surface area contributed by atoms with E-state index >= 15 is 0 Å². The number of halogens is 1. The number of carbonyl (C=O) groups is 1. The van der Waals surface area contributed by atoms with Gasteiger partial charge in [0, 0.05) is 10.6 Å². The Kier molecular flexibility index (Phi) is 5.41. The van der Waals surface area contributed by atoms with Gasteiger partial charge in [-0.25, -0.2) is 0 Å². The van der Waals surface area contributed by atoms with E-state index in [1.54, 1.807) is 0 Å². The van der Waals surface area contributed by atoms with Crippen molar-refractivity contribution in [2.75, 3.05) is 6.61 Å². The van der Waals surface area contributed by atoms with Crippen molar-refractivity contribution in [2.24, 2.45) is 0 Å². The molecule has 1 amide bonds. The third kappa shape index (κ3) is 4.88. The minimum atomic E-state index is -0.203. The Morgan fingerprint density at radius 2 is 1.92 bits per heavy atom. The van der Waals surface area contributed by atoms with Crippen molar-refractivity contribution in [3.05, 3.63) is 77.0 Å². The molecule has 25 heavy (non-hydrogen) atoms. The predicted molar refractivity (Wildman–Crippen MR) is 97.7 cm³/mol. The van der Waals surface area contributed by atoms with Crippen molar-refractivity contribution in [3.8, 4) is 17.1 Å². The van der Waals surface area contributed by atoms with Crippen molar-refractivity contribution in [2.45, 2.75) is 13.5 Å². The molecular formula is C20H18ClNO3. The van der Waals surface area contributed by atoms with Crippen LogP contribution in [0, 0.1) is 6.92 Å². The lowest BCUT2D eigenvalue weighted by Gasteiger charge is -2.07. The minimum Gasteiger partial charge on any atom is -0.484 e. The first-order chi connectivity index (χ1) is 12.1. The topological polar surface area (TPSA) is 51.5 Å². The fourth-order valence-electron chi connectivity index (χ4n) is 2.33. The molecule has 1 heterocycles. The molecule has 1 aromatic heterocycles. The van der Waals surface area contributed by atoms with E-state index in [4.69, 9.17) is 20.8 Å². The van der Waals surface area contributed by atoms with Crippen LogP contribution in [0.2, 0.25) is 5.02 Å². The van der Waals surface area contributed by atoms with Crippen LogP contribution in [-0.2, 0) is 11.3 Å². The maximum Gasteiger partial charge on any atom is 0.258 e. The standard InChI is InChI=1S/C20H18ClNO3/c1-14-3-2-4-17(11-14)24-13-20(23)22-12-18-9-10-19(25-18)15-5-7-16(21)8-6-15/h2-11H,12-13H2,1H3,(H,22,23). The van der Waals surface area contributed by atoms with Crippen LogP contribution in [0.1, 0.15) is 11.3 Å². The molecule has 0 saturated carbocycles. The number of hydrogen-bond donors (Lipinski definition) is 1. The van der Waals surface area contributed by atoms with Crippen LogP contribution >= 0.6 is 11.6 Å². The molecule has 0 unspecified atom stereocenters. The van der Waals surface area contributed by atoms with Crippen molar-refractivity contribution in [1.82, 2.24) is 5.32 Å². The molecule has 3 aromatic rings. The minimum absolute atomic E-state index is 0.0335. The highest BCUT2D eigenvalue weighted by molar-refractivity contribution is 6.30. The highest BCUT2D eigenvalue weighted by atomic mass is 35.5. The number of amides is 1. The van der Waals surface area contributed by atoms with Gasteiger partial charge in [-0.3, -0.25) is 4.79 Å². The largest absolute Gasteiger partial charge is 0.484 e. The highest BCUT2D eigenvalue weighted by Gasteiger charge is 2.07. The van der Waals surface area contributed by atoms with Crippen LogP contribution in [0.25, 0.3) is 11.3 Å². The van der Waals surface area contributed by atoms with E-state index in [9.17, 15) is 4.79 Å². The van der Waals surface area contributed by atoms with Crippen LogP contribution in [0.3, 0.4) is 0 Å². The molecule has 0 saturated heterocycles. The molecule has 0 spiro atoms. The van der Waals surface area contributed by atoms with Crippen LogP contribution in [-0.4, -0.2) is 12.5 Å². The van der Waals surface area contributed by atoms with Crippen molar-refractivity contribution < 1.29 is 13.9 Å². The number of furan rings is 1. The second-order valence-corrected chi connectivity index (χ2v) is 6.09. The number of ether oxygens (including phenoxy) is 1. The second kappa shape index (κ2) is 7.90. The number of carbonyl (C=O) groups excluding carboxylic acids is 1. The average Bonchev–Trinajstić information content (AvgIpc) is 3.08. The molecule has 0 atom stereocenters. The SMILES string of the molecule is Cc1cccc(OCC(=O)NCc2ccc(-c3ccc(Cl)cc3)o2)c1. The van der Waals surface area contributed by atoms with Crippen molar-refractivity contribution in [3.63, 3.8) is 0 Å². The first kappa shape index (κ1) is 17.1. The Balaban J connectivity index is 1.50. The Morgan fingerprint density at radius 3 is 2.68 bits per heavy atom. The zero-order chi connectivity index (χ0) is 17.6. The van der Waals surface area contributed by atoms with E-state index < -0.39 is 0 Å². The van der Waals surface area contributed by atoms with Gasteiger partial charge in [0.05, 0.1) is 6.54 Å². The molecule has 2 aromatic carbocycles. The normalized spacial score (nSPS) is 10.5. The molecule has 4 nitrogen and oxygen atoms in total. The fraction of sp³-hybridized carbons (Fsp3) is 0.150. The van der Waals surface area contributed by atoms with Crippen molar-refractivity contribution >= 4 is 17.5 Å². The summed E-state index contributed by atoms with van der Waals surface area (Å²) in [6, 6.07) is 18.7. The zero-order valence-corrected chi connectivity index (χ0v) is 14.5. The first-order valence-electron chi connectivity index (χ1n) is 7.91. The molecule has 3 rings (SSSR count). The molecule has 1 N–H and O–H groups in total. The lowest BCUT2D eigenvalue weighted by molar-refractivity contribution is -0.123. The van der Waals surface area contributed by atoms with Gasteiger partial charge in [0.25, 0.3) is 5.91 Å². The number of aryl methyl sites for hydroxylation is 1. The van der Waals surface area contributed by atoms with Gasteiger partial charge in [0.15, 0.2) is 6.61 Å². The van der Waals surface area contributed by atoms with Gasteiger partial charge in [-0.15, -0.1) is 0 Å². The zero-order valence-electron chi connectivity index (χ0n) is 13.8. The predicted octanol–water partition coefficient (Wildman–Crippen LogP) is 4.60. The second-order valence-electron chi connectivity index (χ2n) is 5.65. The van der Waals surface area contributed by atoms with E-state index in [0.29, 0.717) is 23.1 Å². The Morgan fingerprint density at radius 1 is 1.12 bits per heavy atom. The van der Waals surface area contributed by atoms with Gasteiger partial charge in [0.2, 0.25) is 0 Å². The summed E-state index contributed by atoms with van der Waals surface area (Å²) in [6.07, 6.45) is 0. The number of benzene rings is 2. The lowest BCUT2D eigenvalue weighted by Crippen LogP contribution is -2.28. The van der Waals surface area contributed by atoms with Gasteiger partial charge < -0.3 is 14.5 Å². The summed E-state index contributed by atoms with van der Waals surface area (Å²) >= 11 is 5.88. The summed E-state index contributed by atoms with van der Waals surface area (Å²) in [6.45, 7) is 2.25. The van der Waals surface area contributed by atoms with E-state index in [1.165, 1.54) is 0 Å². The molecule has 5 heteroatoms. The van der Waals surface area contributed by atoms with Crippen molar-refractivity contribution in [1.29, 1.82) is 0 Å². The average molecular weight is 356 g/mol. The summed E-state index contributed by atoms with van der Waals surface area (Å²) in [5, 5.41) is 3.46. The van der Waals surface area contributed by atoms with Gasteiger partial charge in [0.1, 0.15) is 17.3 Å². The summed E-state index contributed by atoms with van der Waals surface area (Å²) in [5.41, 5.74) is 2.02. The molecule has 0 fully saturated rings. The highest BCUT2D eigenvalue weighted by Crippen LogP contribution is 2.23. The number of hydrogen-bond acceptors (Lipinski definition) is 3. The lowest BCUT2D eigenvalue weighted by atomic mass is 10.2. The molecule has 0 aliphatic heterocycles. The van der Waals surface area contributed by atoms with Gasteiger partial charge in [-0.1, -0.05) is 23.7 Å². The quantitative estimate of drug-likeness (QED) is 0.702. The maximum absolute atomic E-state index is 11.9. The van der Waals surface area contributed by atoms with Crippen LogP contribution < -0.4 is 10.1 Å². The summed E-state index contributed by atoms with van der Waals surface area (Å²) in [4.78, 5) is 11.9. The molecule has 0 aliphatic carbocycles. The number of nitrogens with one attached hydrogen (secondary N) is 1. The van der Waals surface area contributed by atoms with Gasteiger partial charge in [-0.2, -0.15) is 0 Å². The Bertz CT molecular complexity index is 855. The van der Waals surface area contributed by atoms with E-state index in [0.717, 1.165) is 16.9 Å². The van der Waals surface area contributed by atoms with E-state index in [2.05, 4.69) is 5.32 Å². The Labute approximate surface area is 151 Å². The molecule has 0 radical (unpaired) electrons. The summed E-state index contributed by atoms with van der Waals surface area (Å²) in [5.74, 6) is 1.88. The van der Waals surface area contributed by atoms with E-state index in [-0.39, 0.29) is 12.5 Å². The van der Waals surface area contributed by atoms with Crippen LogP contribution in [0.5, 0.6) is 5.75 Å². The first-order valence-corrected chi connectivity index (χ1v) is 8.29. The van der Waals surface area contributed by atoms with Crippen LogP contribution in [0.4, 0.5) is 0 Å². The molecule has 0 bridgehead atoms. The maximum atomic E-state index is 11.9. The Hall–Kier alpha value is -2.72. The third-order valence-corrected chi connectivity index (χ3v) is 3.86. The van der Waals surface area contributed by atoms with Gasteiger partial charge >= 0.3 is 0 Å².